The molecule has 0 aliphatic heterocycles. The van der Waals surface area contributed by atoms with Crippen molar-refractivity contribution < 1.29 is 8.42 Å². The van der Waals surface area contributed by atoms with Crippen LogP contribution in [0.25, 0.3) is 0 Å². The van der Waals surface area contributed by atoms with E-state index in [1.807, 2.05) is 0 Å². The van der Waals surface area contributed by atoms with Gasteiger partial charge in [0.2, 0.25) is 10.0 Å². The van der Waals surface area contributed by atoms with Gasteiger partial charge in [-0.05, 0) is 18.8 Å². The van der Waals surface area contributed by atoms with E-state index >= 15 is 0 Å². The summed E-state index contributed by atoms with van der Waals surface area (Å²) in [6.07, 6.45) is 4.61. The van der Waals surface area contributed by atoms with Crippen LogP contribution in [0.1, 0.15) is 26.2 Å². The summed E-state index contributed by atoms with van der Waals surface area (Å²) in [5.74, 6) is 0.518. The van der Waals surface area contributed by atoms with Gasteiger partial charge in [0.15, 0.2) is 0 Å². The van der Waals surface area contributed by atoms with Crippen LogP contribution >= 0.6 is 0 Å². The van der Waals surface area contributed by atoms with Gasteiger partial charge >= 0.3 is 0 Å². The SMILES string of the molecule is C[C@@H]1CCCC1N(C)S(C)(=O)=O. The van der Waals surface area contributed by atoms with Crippen LogP contribution in [0.4, 0.5) is 0 Å². The molecule has 4 heteroatoms. The van der Waals surface area contributed by atoms with E-state index < -0.39 is 10.0 Å². The van der Waals surface area contributed by atoms with Crippen molar-refractivity contribution in [3.05, 3.63) is 0 Å². The van der Waals surface area contributed by atoms with E-state index in [2.05, 4.69) is 6.92 Å². The van der Waals surface area contributed by atoms with Crippen molar-refractivity contribution in [1.82, 2.24) is 4.31 Å². The van der Waals surface area contributed by atoms with E-state index in [9.17, 15) is 8.42 Å². The lowest BCUT2D eigenvalue weighted by atomic mass is 10.1. The van der Waals surface area contributed by atoms with Crippen LogP contribution in [0.3, 0.4) is 0 Å². The first kappa shape index (κ1) is 9.99. The van der Waals surface area contributed by atoms with Gasteiger partial charge in [0.25, 0.3) is 0 Å². The van der Waals surface area contributed by atoms with Gasteiger partial charge < -0.3 is 0 Å². The minimum absolute atomic E-state index is 0.236. The number of nitrogens with zero attached hydrogens (tertiary/aromatic N) is 1. The van der Waals surface area contributed by atoms with Crippen LogP contribution in [0.15, 0.2) is 0 Å². The third-order valence-electron chi connectivity index (χ3n) is 2.81. The normalized spacial score (nSPS) is 31.3. The first-order chi connectivity index (χ1) is 5.43. The molecule has 2 atom stereocenters. The molecule has 1 aliphatic rings. The summed E-state index contributed by atoms with van der Waals surface area (Å²) in [5, 5.41) is 0. The molecule has 0 aromatic carbocycles. The molecule has 0 spiro atoms. The lowest BCUT2D eigenvalue weighted by molar-refractivity contribution is 0.316. The number of hydrogen-bond donors (Lipinski definition) is 0. The molecule has 0 aromatic heterocycles. The maximum absolute atomic E-state index is 11.2. The van der Waals surface area contributed by atoms with Crippen LogP contribution in [0.2, 0.25) is 0 Å². The predicted octanol–water partition coefficient (Wildman–Crippen LogP) is 1.07. The predicted molar refractivity (Wildman–Crippen MR) is 49.4 cm³/mol. The van der Waals surface area contributed by atoms with Gasteiger partial charge in [0.05, 0.1) is 6.26 Å². The maximum atomic E-state index is 11.2. The van der Waals surface area contributed by atoms with Crippen molar-refractivity contribution in [3.8, 4) is 0 Å². The molecule has 1 aliphatic carbocycles. The minimum atomic E-state index is -2.99. The van der Waals surface area contributed by atoms with Gasteiger partial charge in [-0.3, -0.25) is 0 Å². The van der Waals surface area contributed by atoms with Gasteiger partial charge in [-0.2, -0.15) is 0 Å². The molecule has 1 saturated carbocycles. The standard InChI is InChI=1S/C8H17NO2S/c1-7-5-4-6-8(7)9(2)12(3,10)11/h7-8H,4-6H2,1-3H3/t7-,8?/m1/s1. The molecule has 1 rings (SSSR count). The summed E-state index contributed by atoms with van der Waals surface area (Å²) < 4.78 is 23.9. The maximum Gasteiger partial charge on any atom is 0.211 e. The Labute approximate surface area is 74.8 Å². The molecule has 0 N–H and O–H groups in total. The Kier molecular flexibility index (Phi) is 2.78. The Balaban J connectivity index is 2.70. The summed E-state index contributed by atoms with van der Waals surface area (Å²) in [5.41, 5.74) is 0. The molecule has 1 unspecified atom stereocenters. The van der Waals surface area contributed by atoms with Gasteiger partial charge in [0.1, 0.15) is 0 Å². The molecule has 72 valence electrons. The van der Waals surface area contributed by atoms with Gasteiger partial charge in [-0.1, -0.05) is 13.3 Å². The second kappa shape index (κ2) is 3.34. The van der Waals surface area contributed by atoms with Crippen molar-refractivity contribution in [1.29, 1.82) is 0 Å². The topological polar surface area (TPSA) is 37.4 Å². The molecule has 0 aromatic rings. The van der Waals surface area contributed by atoms with E-state index in [-0.39, 0.29) is 6.04 Å². The molecule has 3 nitrogen and oxygen atoms in total. The van der Waals surface area contributed by atoms with Crippen LogP contribution in [0.5, 0.6) is 0 Å². The summed E-state index contributed by atoms with van der Waals surface area (Å²) in [4.78, 5) is 0. The van der Waals surface area contributed by atoms with Crippen LogP contribution in [-0.4, -0.2) is 32.1 Å². The van der Waals surface area contributed by atoms with Crippen molar-refractivity contribution in [2.45, 2.75) is 32.2 Å². The molecule has 0 radical (unpaired) electrons. The van der Waals surface area contributed by atoms with Crippen molar-refractivity contribution in [3.63, 3.8) is 0 Å². The van der Waals surface area contributed by atoms with Crippen molar-refractivity contribution in [2.75, 3.05) is 13.3 Å². The van der Waals surface area contributed by atoms with Gasteiger partial charge in [-0.15, -0.1) is 0 Å². The van der Waals surface area contributed by atoms with Crippen LogP contribution in [-0.2, 0) is 10.0 Å². The fourth-order valence-corrected chi connectivity index (χ4v) is 2.72. The molecule has 0 heterocycles. The largest absolute Gasteiger partial charge is 0.213 e. The third-order valence-corrected chi connectivity index (χ3v) is 4.12. The lowest BCUT2D eigenvalue weighted by Gasteiger charge is -2.25. The summed E-state index contributed by atoms with van der Waals surface area (Å²) in [6, 6.07) is 0.236. The second-order valence-corrected chi connectivity index (χ2v) is 5.80. The molecule has 0 saturated heterocycles. The van der Waals surface area contributed by atoms with E-state index in [1.165, 1.54) is 10.6 Å². The van der Waals surface area contributed by atoms with E-state index in [4.69, 9.17) is 0 Å². The molecule has 12 heavy (non-hydrogen) atoms. The second-order valence-electron chi connectivity index (χ2n) is 3.75. The van der Waals surface area contributed by atoms with Crippen LogP contribution in [0, 0.1) is 5.92 Å². The lowest BCUT2D eigenvalue weighted by Crippen LogP contribution is -2.37. The zero-order valence-electron chi connectivity index (χ0n) is 7.95. The highest BCUT2D eigenvalue weighted by atomic mass is 32.2. The number of sulfonamides is 1. The quantitative estimate of drug-likeness (QED) is 0.654. The van der Waals surface area contributed by atoms with Crippen LogP contribution < -0.4 is 0 Å². The fourth-order valence-electron chi connectivity index (χ4n) is 1.91. The van der Waals surface area contributed by atoms with Gasteiger partial charge in [0, 0.05) is 13.1 Å². The molecule has 0 bridgehead atoms. The van der Waals surface area contributed by atoms with E-state index in [1.54, 1.807) is 7.05 Å². The van der Waals surface area contributed by atoms with Crippen molar-refractivity contribution >= 4 is 10.0 Å². The zero-order valence-corrected chi connectivity index (χ0v) is 8.76. The average molecular weight is 191 g/mol. The Morgan fingerprint density at radius 3 is 2.25 bits per heavy atom. The first-order valence-corrected chi connectivity index (χ1v) is 6.21. The summed E-state index contributed by atoms with van der Waals surface area (Å²) in [6.45, 7) is 2.12. The van der Waals surface area contributed by atoms with E-state index in [0.29, 0.717) is 5.92 Å². The molecular formula is C8H17NO2S. The Hall–Kier alpha value is -0.0900. The summed E-state index contributed by atoms with van der Waals surface area (Å²) in [7, 11) is -1.30. The highest BCUT2D eigenvalue weighted by Crippen LogP contribution is 2.29. The Morgan fingerprint density at radius 2 is 1.92 bits per heavy atom. The Bertz CT molecular complexity index is 248. The molecule has 1 fully saturated rings. The number of rotatable bonds is 2. The number of hydrogen-bond acceptors (Lipinski definition) is 2. The van der Waals surface area contributed by atoms with Gasteiger partial charge in [-0.25, -0.2) is 12.7 Å². The Morgan fingerprint density at radius 1 is 1.33 bits per heavy atom. The average Bonchev–Trinajstić information content (AvgIpc) is 2.31. The highest BCUT2D eigenvalue weighted by molar-refractivity contribution is 7.88. The smallest absolute Gasteiger partial charge is 0.211 e. The zero-order chi connectivity index (χ0) is 9.35. The first-order valence-electron chi connectivity index (χ1n) is 4.36. The molecular weight excluding hydrogens is 174 g/mol. The van der Waals surface area contributed by atoms with E-state index in [0.717, 1.165) is 19.3 Å². The summed E-state index contributed by atoms with van der Waals surface area (Å²) >= 11 is 0. The minimum Gasteiger partial charge on any atom is -0.213 e. The van der Waals surface area contributed by atoms with Crippen molar-refractivity contribution in [2.24, 2.45) is 5.92 Å². The molecule has 0 amide bonds. The highest BCUT2D eigenvalue weighted by Gasteiger charge is 2.31. The third kappa shape index (κ3) is 1.98. The monoisotopic (exact) mass is 191 g/mol. The fraction of sp³-hybridized carbons (Fsp3) is 1.00.